The van der Waals surface area contributed by atoms with Crippen LogP contribution in [0.5, 0.6) is 0 Å². The van der Waals surface area contributed by atoms with E-state index in [9.17, 15) is 4.39 Å². The SMILES string of the molecule is CC(C)OCC(NN)c1ccc(F)cc1Br. The van der Waals surface area contributed by atoms with Gasteiger partial charge < -0.3 is 4.74 Å². The van der Waals surface area contributed by atoms with E-state index in [4.69, 9.17) is 10.6 Å². The van der Waals surface area contributed by atoms with Gasteiger partial charge in [0, 0.05) is 4.47 Å². The van der Waals surface area contributed by atoms with E-state index in [-0.39, 0.29) is 18.0 Å². The molecule has 0 heterocycles. The second kappa shape index (κ2) is 6.30. The third-order valence-electron chi connectivity index (χ3n) is 2.14. The maximum atomic E-state index is 12.9. The zero-order valence-corrected chi connectivity index (χ0v) is 10.9. The summed E-state index contributed by atoms with van der Waals surface area (Å²) in [4.78, 5) is 0. The predicted octanol–water partition coefficient (Wildman–Crippen LogP) is 2.52. The molecule has 0 aliphatic carbocycles. The Hall–Kier alpha value is -0.490. The fraction of sp³-hybridized carbons (Fsp3) is 0.455. The fourth-order valence-electron chi connectivity index (χ4n) is 1.30. The minimum atomic E-state index is -0.281. The van der Waals surface area contributed by atoms with Crippen LogP contribution in [0.2, 0.25) is 0 Å². The molecule has 0 amide bonds. The largest absolute Gasteiger partial charge is 0.377 e. The molecule has 0 aliphatic rings. The molecular formula is C11H16BrFN2O. The van der Waals surface area contributed by atoms with Crippen LogP contribution >= 0.6 is 15.9 Å². The van der Waals surface area contributed by atoms with E-state index >= 15 is 0 Å². The zero-order valence-electron chi connectivity index (χ0n) is 9.34. The molecule has 1 aromatic rings. The Morgan fingerprint density at radius 1 is 1.50 bits per heavy atom. The third kappa shape index (κ3) is 3.83. The van der Waals surface area contributed by atoms with Crippen molar-refractivity contribution in [3.05, 3.63) is 34.1 Å². The second-order valence-corrected chi connectivity index (χ2v) is 4.62. The first kappa shape index (κ1) is 13.6. The minimum Gasteiger partial charge on any atom is -0.377 e. The van der Waals surface area contributed by atoms with Crippen molar-refractivity contribution in [3.63, 3.8) is 0 Å². The Balaban J connectivity index is 2.78. The maximum absolute atomic E-state index is 12.9. The number of ether oxygens (including phenoxy) is 1. The van der Waals surface area contributed by atoms with Gasteiger partial charge in [0.05, 0.1) is 18.8 Å². The summed E-state index contributed by atoms with van der Waals surface area (Å²) >= 11 is 3.30. The van der Waals surface area contributed by atoms with E-state index in [1.54, 1.807) is 6.07 Å². The molecule has 3 N–H and O–H groups in total. The molecule has 1 rings (SSSR count). The highest BCUT2D eigenvalue weighted by molar-refractivity contribution is 9.10. The molecule has 1 unspecified atom stereocenters. The molecular weight excluding hydrogens is 275 g/mol. The standard InChI is InChI=1S/C11H16BrFN2O/c1-7(2)16-6-11(15-14)9-4-3-8(13)5-10(9)12/h3-5,7,11,15H,6,14H2,1-2H3. The molecule has 0 radical (unpaired) electrons. The lowest BCUT2D eigenvalue weighted by Gasteiger charge is -2.19. The number of hydrazine groups is 1. The molecule has 0 aliphatic heterocycles. The number of nitrogens with one attached hydrogen (secondary N) is 1. The summed E-state index contributed by atoms with van der Waals surface area (Å²) in [5.41, 5.74) is 3.54. The lowest BCUT2D eigenvalue weighted by atomic mass is 10.1. The van der Waals surface area contributed by atoms with Gasteiger partial charge in [0.2, 0.25) is 0 Å². The van der Waals surface area contributed by atoms with Gasteiger partial charge >= 0.3 is 0 Å². The molecule has 0 saturated carbocycles. The predicted molar refractivity (Wildman–Crippen MR) is 65.3 cm³/mol. The van der Waals surface area contributed by atoms with Gasteiger partial charge in [0.15, 0.2) is 0 Å². The fourth-order valence-corrected chi connectivity index (χ4v) is 1.93. The topological polar surface area (TPSA) is 47.3 Å². The van der Waals surface area contributed by atoms with Crippen molar-refractivity contribution in [2.45, 2.75) is 26.0 Å². The van der Waals surface area contributed by atoms with E-state index < -0.39 is 0 Å². The molecule has 5 heteroatoms. The van der Waals surface area contributed by atoms with Gasteiger partial charge in [-0.25, -0.2) is 4.39 Å². The van der Waals surface area contributed by atoms with Gasteiger partial charge in [-0.1, -0.05) is 22.0 Å². The van der Waals surface area contributed by atoms with E-state index in [1.165, 1.54) is 12.1 Å². The minimum absolute atomic E-state index is 0.134. The molecule has 0 saturated heterocycles. The first-order valence-corrected chi connectivity index (χ1v) is 5.86. The van der Waals surface area contributed by atoms with Crippen molar-refractivity contribution in [1.29, 1.82) is 0 Å². The van der Waals surface area contributed by atoms with Crippen molar-refractivity contribution < 1.29 is 9.13 Å². The number of halogens is 2. The molecule has 16 heavy (non-hydrogen) atoms. The summed E-state index contributed by atoms with van der Waals surface area (Å²) in [5.74, 6) is 5.17. The molecule has 1 aromatic carbocycles. The van der Waals surface area contributed by atoms with Crippen molar-refractivity contribution in [2.75, 3.05) is 6.61 Å². The number of hydrogen-bond donors (Lipinski definition) is 2. The summed E-state index contributed by atoms with van der Waals surface area (Å²) < 4.78 is 19.1. The van der Waals surface area contributed by atoms with Gasteiger partial charge in [-0.15, -0.1) is 0 Å². The van der Waals surface area contributed by atoms with Crippen LogP contribution in [0.15, 0.2) is 22.7 Å². The molecule has 0 aromatic heterocycles. The average molecular weight is 291 g/mol. The number of nitrogens with two attached hydrogens (primary N) is 1. The first-order chi connectivity index (χ1) is 7.54. The van der Waals surface area contributed by atoms with Gasteiger partial charge in [-0.05, 0) is 31.5 Å². The Bertz CT molecular complexity index is 347. The molecule has 1 atom stereocenters. The van der Waals surface area contributed by atoms with Crippen molar-refractivity contribution in [2.24, 2.45) is 5.84 Å². The van der Waals surface area contributed by atoms with E-state index in [0.717, 1.165) is 5.56 Å². The Kier molecular flexibility index (Phi) is 5.34. The normalized spacial score (nSPS) is 13.1. The Labute approximate surface area is 103 Å². The van der Waals surface area contributed by atoms with E-state index in [0.29, 0.717) is 11.1 Å². The summed E-state index contributed by atoms with van der Waals surface area (Å²) in [6.07, 6.45) is 0.134. The number of rotatable bonds is 5. The number of hydrogen-bond acceptors (Lipinski definition) is 3. The summed E-state index contributed by atoms with van der Waals surface area (Å²) in [6, 6.07) is 4.35. The molecule has 90 valence electrons. The Morgan fingerprint density at radius 3 is 2.69 bits per heavy atom. The van der Waals surface area contributed by atoms with Crippen LogP contribution in [0.4, 0.5) is 4.39 Å². The highest BCUT2D eigenvalue weighted by atomic mass is 79.9. The molecule has 0 bridgehead atoms. The second-order valence-electron chi connectivity index (χ2n) is 3.77. The average Bonchev–Trinajstić information content (AvgIpc) is 2.21. The molecule has 0 fully saturated rings. The smallest absolute Gasteiger partial charge is 0.124 e. The molecule has 0 spiro atoms. The van der Waals surface area contributed by atoms with Gasteiger partial charge in [0.1, 0.15) is 5.82 Å². The van der Waals surface area contributed by atoms with Gasteiger partial charge in [-0.3, -0.25) is 11.3 Å². The summed E-state index contributed by atoms with van der Waals surface area (Å²) in [5, 5.41) is 0. The van der Waals surface area contributed by atoms with Crippen molar-refractivity contribution >= 4 is 15.9 Å². The van der Waals surface area contributed by atoms with Crippen LogP contribution in [0.25, 0.3) is 0 Å². The highest BCUT2D eigenvalue weighted by Gasteiger charge is 2.14. The summed E-state index contributed by atoms with van der Waals surface area (Å²) in [7, 11) is 0. The van der Waals surface area contributed by atoms with Crippen LogP contribution in [-0.2, 0) is 4.74 Å². The van der Waals surface area contributed by atoms with Gasteiger partial charge in [0.25, 0.3) is 0 Å². The maximum Gasteiger partial charge on any atom is 0.124 e. The van der Waals surface area contributed by atoms with Crippen LogP contribution < -0.4 is 11.3 Å². The Morgan fingerprint density at radius 2 is 2.19 bits per heavy atom. The van der Waals surface area contributed by atoms with E-state index in [1.807, 2.05) is 13.8 Å². The summed E-state index contributed by atoms with van der Waals surface area (Å²) in [6.45, 7) is 4.35. The highest BCUT2D eigenvalue weighted by Crippen LogP contribution is 2.24. The van der Waals surface area contributed by atoms with Crippen LogP contribution in [0, 0.1) is 5.82 Å². The lowest BCUT2D eigenvalue weighted by Crippen LogP contribution is -2.32. The van der Waals surface area contributed by atoms with Crippen molar-refractivity contribution in [3.8, 4) is 0 Å². The molecule has 3 nitrogen and oxygen atoms in total. The van der Waals surface area contributed by atoms with E-state index in [2.05, 4.69) is 21.4 Å². The van der Waals surface area contributed by atoms with Crippen LogP contribution in [0.1, 0.15) is 25.5 Å². The van der Waals surface area contributed by atoms with Gasteiger partial charge in [-0.2, -0.15) is 0 Å². The quantitative estimate of drug-likeness (QED) is 0.647. The van der Waals surface area contributed by atoms with Crippen LogP contribution in [-0.4, -0.2) is 12.7 Å². The number of benzene rings is 1. The van der Waals surface area contributed by atoms with Crippen molar-refractivity contribution in [1.82, 2.24) is 5.43 Å². The monoisotopic (exact) mass is 290 g/mol. The third-order valence-corrected chi connectivity index (χ3v) is 2.82. The van der Waals surface area contributed by atoms with Crippen LogP contribution in [0.3, 0.4) is 0 Å². The lowest BCUT2D eigenvalue weighted by molar-refractivity contribution is 0.0610. The first-order valence-electron chi connectivity index (χ1n) is 5.07. The zero-order chi connectivity index (χ0) is 12.1.